The smallest absolute Gasteiger partial charge is 0.339 e. The minimum Gasteiger partial charge on any atom is -0.478 e. The second-order valence-corrected chi connectivity index (χ2v) is 4.77. The predicted molar refractivity (Wildman–Crippen MR) is 59.1 cm³/mol. The number of carboxylic acids is 1. The zero-order valence-electron chi connectivity index (χ0n) is 9.54. The largest absolute Gasteiger partial charge is 0.478 e. The first-order valence-electron chi connectivity index (χ1n) is 4.92. The van der Waals surface area contributed by atoms with E-state index in [1.807, 2.05) is 20.8 Å². The van der Waals surface area contributed by atoms with Gasteiger partial charge >= 0.3 is 5.97 Å². The maximum atomic E-state index is 12.8. The van der Waals surface area contributed by atoms with E-state index < -0.39 is 11.8 Å². The number of hydrogen-bond acceptors (Lipinski definition) is 3. The van der Waals surface area contributed by atoms with Crippen LogP contribution in [0.15, 0.2) is 12.3 Å². The molecule has 0 saturated heterocycles. The highest BCUT2D eigenvalue weighted by molar-refractivity contribution is 5.93. The van der Waals surface area contributed by atoms with Crippen LogP contribution in [0.2, 0.25) is 0 Å². The molecule has 1 aromatic heterocycles. The normalized spacial score (nSPS) is 11.2. The number of carboxylic acid groups (broad SMARTS) is 1. The molecular formula is C11H15FN2O2. The van der Waals surface area contributed by atoms with E-state index in [1.165, 1.54) is 0 Å². The highest BCUT2D eigenvalue weighted by Gasteiger charge is 2.15. The summed E-state index contributed by atoms with van der Waals surface area (Å²) in [5, 5.41) is 11.8. The van der Waals surface area contributed by atoms with Crippen molar-refractivity contribution in [2.45, 2.75) is 20.8 Å². The van der Waals surface area contributed by atoms with Crippen molar-refractivity contribution in [1.82, 2.24) is 4.98 Å². The SMILES string of the molecule is CC(C)(C)CNc1ncc(F)cc1C(=O)O. The molecule has 0 aliphatic carbocycles. The lowest BCUT2D eigenvalue weighted by Crippen LogP contribution is -2.21. The van der Waals surface area contributed by atoms with Crippen molar-refractivity contribution in [2.24, 2.45) is 5.41 Å². The van der Waals surface area contributed by atoms with Crippen molar-refractivity contribution in [3.63, 3.8) is 0 Å². The van der Waals surface area contributed by atoms with Crippen LogP contribution >= 0.6 is 0 Å². The molecule has 4 nitrogen and oxygen atoms in total. The van der Waals surface area contributed by atoms with Gasteiger partial charge in [-0.05, 0) is 11.5 Å². The summed E-state index contributed by atoms with van der Waals surface area (Å²) in [4.78, 5) is 14.6. The summed E-state index contributed by atoms with van der Waals surface area (Å²) in [6.07, 6.45) is 0.997. The fourth-order valence-electron chi connectivity index (χ4n) is 1.09. The van der Waals surface area contributed by atoms with Crippen LogP contribution in [0.25, 0.3) is 0 Å². The molecule has 1 heterocycles. The van der Waals surface area contributed by atoms with E-state index in [0.29, 0.717) is 6.54 Å². The van der Waals surface area contributed by atoms with Gasteiger partial charge in [0.05, 0.1) is 6.20 Å². The van der Waals surface area contributed by atoms with Crippen LogP contribution in [-0.4, -0.2) is 22.6 Å². The van der Waals surface area contributed by atoms with Crippen LogP contribution < -0.4 is 5.32 Å². The molecule has 0 bridgehead atoms. The number of rotatable bonds is 3. The van der Waals surface area contributed by atoms with E-state index in [0.717, 1.165) is 12.3 Å². The van der Waals surface area contributed by atoms with Crippen LogP contribution in [0.5, 0.6) is 0 Å². The van der Waals surface area contributed by atoms with E-state index in [9.17, 15) is 9.18 Å². The number of nitrogens with one attached hydrogen (secondary N) is 1. The van der Waals surface area contributed by atoms with Crippen molar-refractivity contribution in [1.29, 1.82) is 0 Å². The second kappa shape index (κ2) is 4.47. The third-order valence-corrected chi connectivity index (χ3v) is 1.87. The third-order valence-electron chi connectivity index (χ3n) is 1.87. The van der Waals surface area contributed by atoms with Crippen molar-refractivity contribution in [3.05, 3.63) is 23.6 Å². The Balaban J connectivity index is 2.91. The first-order chi connectivity index (χ1) is 7.29. The summed E-state index contributed by atoms with van der Waals surface area (Å²) in [6.45, 7) is 6.57. The van der Waals surface area contributed by atoms with Gasteiger partial charge in [-0.3, -0.25) is 0 Å². The van der Waals surface area contributed by atoms with Crippen molar-refractivity contribution < 1.29 is 14.3 Å². The van der Waals surface area contributed by atoms with Gasteiger partial charge in [0.1, 0.15) is 17.2 Å². The maximum absolute atomic E-state index is 12.8. The van der Waals surface area contributed by atoms with E-state index in [4.69, 9.17) is 5.11 Å². The Kier molecular flexibility index (Phi) is 3.47. The van der Waals surface area contributed by atoms with Crippen molar-refractivity contribution in [3.8, 4) is 0 Å². The third kappa shape index (κ3) is 3.49. The van der Waals surface area contributed by atoms with E-state index in [2.05, 4.69) is 10.3 Å². The molecule has 0 aliphatic heterocycles. The minimum absolute atomic E-state index is 0.00810. The van der Waals surface area contributed by atoms with Gasteiger partial charge in [0.2, 0.25) is 0 Å². The Morgan fingerprint density at radius 2 is 2.19 bits per heavy atom. The summed E-state index contributed by atoms with van der Waals surface area (Å²) in [5.41, 5.74) is -0.157. The fourth-order valence-corrected chi connectivity index (χ4v) is 1.09. The van der Waals surface area contributed by atoms with Gasteiger partial charge in [-0.2, -0.15) is 0 Å². The van der Waals surface area contributed by atoms with Crippen molar-refractivity contribution in [2.75, 3.05) is 11.9 Å². The molecule has 1 aromatic rings. The molecule has 0 aromatic carbocycles. The van der Waals surface area contributed by atoms with Gasteiger partial charge in [0.15, 0.2) is 0 Å². The molecule has 1 rings (SSSR count). The number of pyridine rings is 1. The van der Waals surface area contributed by atoms with Gasteiger partial charge in [0, 0.05) is 6.54 Å². The number of aromatic carboxylic acids is 1. The lowest BCUT2D eigenvalue weighted by molar-refractivity contribution is 0.0697. The zero-order valence-corrected chi connectivity index (χ0v) is 9.54. The molecule has 2 N–H and O–H groups in total. The monoisotopic (exact) mass is 226 g/mol. The molecule has 0 atom stereocenters. The van der Waals surface area contributed by atoms with Crippen LogP contribution in [0.1, 0.15) is 31.1 Å². The summed E-state index contributed by atoms with van der Waals surface area (Å²) in [7, 11) is 0. The lowest BCUT2D eigenvalue weighted by Gasteiger charge is -2.19. The number of anilines is 1. The van der Waals surface area contributed by atoms with E-state index in [-0.39, 0.29) is 16.8 Å². The molecule has 0 radical (unpaired) electrons. The molecule has 16 heavy (non-hydrogen) atoms. The number of hydrogen-bond donors (Lipinski definition) is 2. The van der Waals surface area contributed by atoms with Crippen LogP contribution in [0, 0.1) is 11.2 Å². The average molecular weight is 226 g/mol. The Bertz CT molecular complexity index is 399. The fraction of sp³-hybridized carbons (Fsp3) is 0.455. The lowest BCUT2D eigenvalue weighted by atomic mass is 9.97. The molecule has 0 saturated carbocycles. The van der Waals surface area contributed by atoms with Gasteiger partial charge in [-0.25, -0.2) is 14.2 Å². The number of nitrogens with zero attached hydrogens (tertiary/aromatic N) is 1. The Morgan fingerprint density at radius 1 is 1.56 bits per heavy atom. The molecular weight excluding hydrogens is 211 g/mol. The quantitative estimate of drug-likeness (QED) is 0.830. The number of halogens is 1. The summed E-state index contributed by atoms with van der Waals surface area (Å²) >= 11 is 0. The second-order valence-electron chi connectivity index (χ2n) is 4.77. The highest BCUT2D eigenvalue weighted by atomic mass is 19.1. The highest BCUT2D eigenvalue weighted by Crippen LogP contribution is 2.17. The minimum atomic E-state index is -1.19. The Hall–Kier alpha value is -1.65. The summed E-state index contributed by atoms with van der Waals surface area (Å²) < 4.78 is 12.8. The molecule has 5 heteroatoms. The Labute approximate surface area is 93.5 Å². The number of aromatic nitrogens is 1. The van der Waals surface area contributed by atoms with Crippen LogP contribution in [-0.2, 0) is 0 Å². The van der Waals surface area contributed by atoms with E-state index in [1.54, 1.807) is 0 Å². The topological polar surface area (TPSA) is 62.2 Å². The van der Waals surface area contributed by atoms with E-state index >= 15 is 0 Å². The molecule has 0 unspecified atom stereocenters. The first kappa shape index (κ1) is 12.4. The predicted octanol–water partition coefficient (Wildman–Crippen LogP) is 2.38. The zero-order chi connectivity index (χ0) is 12.3. The van der Waals surface area contributed by atoms with Crippen LogP contribution in [0.4, 0.5) is 10.2 Å². The standard InChI is InChI=1S/C11H15FN2O2/c1-11(2,3)6-14-9-8(10(15)16)4-7(12)5-13-9/h4-5H,6H2,1-3H3,(H,13,14)(H,15,16). The molecule has 0 aliphatic rings. The summed E-state index contributed by atoms with van der Waals surface area (Å²) in [6, 6.07) is 0.959. The van der Waals surface area contributed by atoms with Crippen molar-refractivity contribution >= 4 is 11.8 Å². The van der Waals surface area contributed by atoms with Gasteiger partial charge in [0.25, 0.3) is 0 Å². The maximum Gasteiger partial charge on any atom is 0.339 e. The van der Waals surface area contributed by atoms with Gasteiger partial charge < -0.3 is 10.4 Å². The van der Waals surface area contributed by atoms with Crippen LogP contribution in [0.3, 0.4) is 0 Å². The first-order valence-corrected chi connectivity index (χ1v) is 4.92. The van der Waals surface area contributed by atoms with Gasteiger partial charge in [-0.15, -0.1) is 0 Å². The molecule has 88 valence electrons. The molecule has 0 amide bonds. The Morgan fingerprint density at radius 3 is 2.69 bits per heavy atom. The number of carbonyl (C=O) groups is 1. The average Bonchev–Trinajstić information content (AvgIpc) is 2.14. The summed E-state index contributed by atoms with van der Waals surface area (Å²) in [5.74, 6) is -1.65. The molecule has 0 spiro atoms. The van der Waals surface area contributed by atoms with Gasteiger partial charge in [-0.1, -0.05) is 20.8 Å². The molecule has 0 fully saturated rings.